The summed E-state index contributed by atoms with van der Waals surface area (Å²) in [4.78, 5) is 0. The zero-order chi connectivity index (χ0) is 14.4. The molecule has 1 N–H and O–H groups in total. The van der Waals surface area contributed by atoms with Gasteiger partial charge in [-0.1, -0.05) is 26.7 Å². The molecule has 1 aromatic heterocycles. The van der Waals surface area contributed by atoms with Gasteiger partial charge in [-0.05, 0) is 49.0 Å². The Morgan fingerprint density at radius 3 is 2.60 bits per heavy atom. The highest BCUT2D eigenvalue weighted by Crippen LogP contribution is 2.42. The van der Waals surface area contributed by atoms with E-state index in [9.17, 15) is 0 Å². The van der Waals surface area contributed by atoms with E-state index in [4.69, 9.17) is 4.42 Å². The Balaban J connectivity index is 1.80. The van der Waals surface area contributed by atoms with Crippen LogP contribution in [0.5, 0.6) is 0 Å². The lowest BCUT2D eigenvalue weighted by Crippen LogP contribution is -2.33. The molecule has 0 bridgehead atoms. The van der Waals surface area contributed by atoms with Crippen LogP contribution >= 0.6 is 11.8 Å². The zero-order valence-electron chi connectivity index (χ0n) is 13.2. The summed E-state index contributed by atoms with van der Waals surface area (Å²) in [5.41, 5.74) is 0.545. The Morgan fingerprint density at radius 1 is 1.25 bits per heavy atom. The minimum Gasteiger partial charge on any atom is -0.464 e. The normalized spacial score (nSPS) is 18.0. The number of hydrogen-bond donors (Lipinski definition) is 1. The highest BCUT2D eigenvalue weighted by molar-refractivity contribution is 7.97. The van der Waals surface area contributed by atoms with Crippen molar-refractivity contribution in [2.75, 3.05) is 12.8 Å². The summed E-state index contributed by atoms with van der Waals surface area (Å²) in [5, 5.41) is 3.64. The fraction of sp³-hybridized carbons (Fsp3) is 0.765. The molecule has 0 amide bonds. The van der Waals surface area contributed by atoms with E-state index in [0.29, 0.717) is 5.41 Å². The van der Waals surface area contributed by atoms with Gasteiger partial charge in [-0.2, -0.15) is 11.8 Å². The van der Waals surface area contributed by atoms with Crippen LogP contribution in [0.25, 0.3) is 0 Å². The second kappa shape index (κ2) is 7.56. The molecule has 0 aromatic carbocycles. The first-order chi connectivity index (χ1) is 9.63. The number of nitrogens with one attached hydrogen (secondary N) is 1. The van der Waals surface area contributed by atoms with Gasteiger partial charge in [0.25, 0.3) is 0 Å². The lowest BCUT2D eigenvalue weighted by atomic mass is 9.78. The van der Waals surface area contributed by atoms with Crippen molar-refractivity contribution in [2.45, 2.75) is 58.2 Å². The molecule has 0 saturated heterocycles. The van der Waals surface area contributed by atoms with E-state index in [-0.39, 0.29) is 0 Å². The van der Waals surface area contributed by atoms with Crippen molar-refractivity contribution in [1.29, 1.82) is 0 Å². The Bertz CT molecular complexity index is 393. The predicted molar refractivity (Wildman–Crippen MR) is 88.0 cm³/mol. The van der Waals surface area contributed by atoms with Crippen molar-refractivity contribution in [2.24, 2.45) is 11.3 Å². The maximum absolute atomic E-state index is 5.82. The maximum atomic E-state index is 5.82. The van der Waals surface area contributed by atoms with Crippen molar-refractivity contribution in [1.82, 2.24) is 5.32 Å². The van der Waals surface area contributed by atoms with Crippen LogP contribution < -0.4 is 5.32 Å². The fourth-order valence-electron chi connectivity index (χ4n) is 3.63. The van der Waals surface area contributed by atoms with Gasteiger partial charge in [0.05, 0.1) is 12.3 Å². The fourth-order valence-corrected chi connectivity index (χ4v) is 4.07. The third-order valence-electron chi connectivity index (χ3n) is 4.31. The minimum atomic E-state index is 0.545. The van der Waals surface area contributed by atoms with Crippen molar-refractivity contribution in [3.05, 3.63) is 23.7 Å². The predicted octanol–water partition coefficient (Wildman–Crippen LogP) is 4.84. The smallest absolute Gasteiger partial charge is 0.118 e. The molecule has 1 heterocycles. The molecule has 0 aliphatic heterocycles. The summed E-state index contributed by atoms with van der Waals surface area (Å²) in [5.74, 6) is 3.93. The summed E-state index contributed by atoms with van der Waals surface area (Å²) >= 11 is 1.80. The molecular weight excluding hydrogens is 266 g/mol. The van der Waals surface area contributed by atoms with Gasteiger partial charge in [-0.25, -0.2) is 0 Å². The van der Waals surface area contributed by atoms with Gasteiger partial charge in [-0.15, -0.1) is 0 Å². The van der Waals surface area contributed by atoms with Crippen LogP contribution in [0.1, 0.15) is 57.5 Å². The Hall–Kier alpha value is -0.410. The van der Waals surface area contributed by atoms with E-state index in [1.54, 1.807) is 11.8 Å². The van der Waals surface area contributed by atoms with Gasteiger partial charge in [0.1, 0.15) is 11.5 Å². The van der Waals surface area contributed by atoms with Gasteiger partial charge < -0.3 is 9.73 Å². The Kier molecular flexibility index (Phi) is 6.03. The van der Waals surface area contributed by atoms with E-state index in [1.807, 2.05) is 0 Å². The molecule has 0 spiro atoms. The molecule has 1 aliphatic rings. The van der Waals surface area contributed by atoms with Crippen molar-refractivity contribution in [3.63, 3.8) is 0 Å². The quantitative estimate of drug-likeness (QED) is 0.743. The van der Waals surface area contributed by atoms with E-state index < -0.39 is 0 Å². The van der Waals surface area contributed by atoms with Crippen LogP contribution in [0.15, 0.2) is 16.5 Å². The molecule has 0 atom stereocenters. The summed E-state index contributed by atoms with van der Waals surface area (Å²) in [6.45, 7) is 6.71. The number of thioether (sulfide) groups is 1. The van der Waals surface area contributed by atoms with Gasteiger partial charge in [0.15, 0.2) is 0 Å². The molecule has 1 aliphatic carbocycles. The second-order valence-corrected chi connectivity index (χ2v) is 7.58. The van der Waals surface area contributed by atoms with Crippen molar-refractivity contribution >= 4 is 11.8 Å². The molecule has 3 heteroatoms. The molecular formula is C17H29NOS. The van der Waals surface area contributed by atoms with Crippen LogP contribution in [-0.4, -0.2) is 12.8 Å². The highest BCUT2D eigenvalue weighted by atomic mass is 32.2. The number of rotatable bonds is 8. The molecule has 20 heavy (non-hydrogen) atoms. The summed E-state index contributed by atoms with van der Waals surface area (Å²) in [6, 6.07) is 4.22. The van der Waals surface area contributed by atoms with Gasteiger partial charge in [0.2, 0.25) is 0 Å². The third kappa shape index (κ3) is 4.56. The van der Waals surface area contributed by atoms with E-state index in [2.05, 4.69) is 37.6 Å². The second-order valence-electron chi connectivity index (χ2n) is 6.71. The first-order valence-corrected chi connectivity index (χ1v) is 9.30. The molecule has 2 rings (SSSR count). The highest BCUT2D eigenvalue weighted by Gasteiger charge is 2.33. The van der Waals surface area contributed by atoms with Crippen molar-refractivity contribution < 1.29 is 4.42 Å². The molecule has 114 valence electrons. The van der Waals surface area contributed by atoms with Crippen LogP contribution in [-0.2, 0) is 12.3 Å². The summed E-state index contributed by atoms with van der Waals surface area (Å²) < 4.78 is 5.82. The van der Waals surface area contributed by atoms with Gasteiger partial charge >= 0.3 is 0 Å². The zero-order valence-corrected chi connectivity index (χ0v) is 14.0. The van der Waals surface area contributed by atoms with Gasteiger partial charge in [0, 0.05) is 6.54 Å². The molecule has 1 aromatic rings. The summed E-state index contributed by atoms with van der Waals surface area (Å²) in [6.07, 6.45) is 9.08. The average Bonchev–Trinajstić information content (AvgIpc) is 3.00. The topological polar surface area (TPSA) is 25.2 Å². The Morgan fingerprint density at radius 2 is 1.95 bits per heavy atom. The van der Waals surface area contributed by atoms with Crippen LogP contribution in [0.3, 0.4) is 0 Å². The molecule has 1 saturated carbocycles. The monoisotopic (exact) mass is 295 g/mol. The largest absolute Gasteiger partial charge is 0.464 e. The lowest BCUT2D eigenvalue weighted by molar-refractivity contribution is 0.221. The maximum Gasteiger partial charge on any atom is 0.118 e. The van der Waals surface area contributed by atoms with Crippen LogP contribution in [0.4, 0.5) is 0 Å². The Labute approximate surface area is 128 Å². The third-order valence-corrected chi connectivity index (χ3v) is 4.88. The first-order valence-electron chi connectivity index (χ1n) is 7.91. The SMILES string of the molecule is CSCc1ccc(CNCC2(CC(C)C)CCCC2)o1. The van der Waals surface area contributed by atoms with E-state index in [0.717, 1.165) is 36.3 Å². The molecule has 2 nitrogen and oxygen atoms in total. The minimum absolute atomic E-state index is 0.545. The molecule has 0 radical (unpaired) electrons. The molecule has 1 fully saturated rings. The standard InChI is InChI=1S/C17H29NOS/c1-14(2)10-17(8-4-5-9-17)13-18-11-15-6-7-16(19-15)12-20-3/h6-7,14,18H,4-5,8-13H2,1-3H3. The number of hydrogen-bond acceptors (Lipinski definition) is 3. The summed E-state index contributed by atoms with van der Waals surface area (Å²) in [7, 11) is 0. The number of furan rings is 1. The van der Waals surface area contributed by atoms with Crippen LogP contribution in [0, 0.1) is 11.3 Å². The van der Waals surface area contributed by atoms with Crippen LogP contribution in [0.2, 0.25) is 0 Å². The van der Waals surface area contributed by atoms with E-state index >= 15 is 0 Å². The lowest BCUT2D eigenvalue weighted by Gasteiger charge is -2.31. The first kappa shape index (κ1) is 16.0. The molecule has 0 unspecified atom stereocenters. The average molecular weight is 295 g/mol. The van der Waals surface area contributed by atoms with Gasteiger partial charge in [-0.3, -0.25) is 0 Å². The van der Waals surface area contributed by atoms with E-state index in [1.165, 1.54) is 32.1 Å². The van der Waals surface area contributed by atoms with Crippen molar-refractivity contribution in [3.8, 4) is 0 Å².